The van der Waals surface area contributed by atoms with Gasteiger partial charge in [-0.3, -0.25) is 9.59 Å². The Labute approximate surface area is 133 Å². The van der Waals surface area contributed by atoms with Crippen molar-refractivity contribution >= 4 is 17.5 Å². The summed E-state index contributed by atoms with van der Waals surface area (Å²) in [5, 5.41) is 2.86. The number of rotatable bonds is 8. The molecule has 0 heterocycles. The molecule has 0 saturated heterocycles. The molecule has 2 amide bonds. The highest BCUT2D eigenvalue weighted by atomic mass is 16.2. The second-order valence-electron chi connectivity index (χ2n) is 5.59. The van der Waals surface area contributed by atoms with Crippen molar-refractivity contribution in [2.24, 2.45) is 0 Å². The number of likely N-dealkylation sites (N-methyl/N-ethyl adjacent to an activating group) is 1. The molecule has 0 fully saturated rings. The lowest BCUT2D eigenvalue weighted by Crippen LogP contribution is -2.36. The molecule has 0 spiro atoms. The zero-order valence-corrected chi connectivity index (χ0v) is 14.1. The van der Waals surface area contributed by atoms with Gasteiger partial charge in [0, 0.05) is 38.7 Å². The van der Waals surface area contributed by atoms with Crippen molar-refractivity contribution in [3.8, 4) is 0 Å². The van der Waals surface area contributed by atoms with Crippen molar-refractivity contribution in [1.29, 1.82) is 0 Å². The van der Waals surface area contributed by atoms with Crippen LogP contribution in [0.15, 0.2) is 24.3 Å². The van der Waals surface area contributed by atoms with E-state index in [0.29, 0.717) is 19.5 Å². The van der Waals surface area contributed by atoms with Crippen LogP contribution in [0.5, 0.6) is 0 Å². The SMILES string of the molecule is CCc1ccc(N(CCC(=O)NCCN(C)C)C(C)=O)cc1. The van der Waals surface area contributed by atoms with E-state index in [1.54, 1.807) is 4.90 Å². The molecule has 0 aromatic heterocycles. The molecule has 22 heavy (non-hydrogen) atoms. The summed E-state index contributed by atoms with van der Waals surface area (Å²) in [5.74, 6) is -0.0800. The van der Waals surface area contributed by atoms with Gasteiger partial charge in [-0.1, -0.05) is 19.1 Å². The highest BCUT2D eigenvalue weighted by Crippen LogP contribution is 2.16. The number of nitrogens with one attached hydrogen (secondary N) is 1. The van der Waals surface area contributed by atoms with Gasteiger partial charge in [-0.05, 0) is 38.2 Å². The Hall–Kier alpha value is -1.88. The van der Waals surface area contributed by atoms with Gasteiger partial charge in [0.05, 0.1) is 0 Å². The van der Waals surface area contributed by atoms with Gasteiger partial charge in [0.15, 0.2) is 0 Å². The number of aryl methyl sites for hydroxylation is 1. The minimum absolute atomic E-state index is 0.0294. The molecule has 1 N–H and O–H groups in total. The molecule has 1 aromatic carbocycles. The fourth-order valence-corrected chi connectivity index (χ4v) is 2.10. The third kappa shape index (κ3) is 6.26. The van der Waals surface area contributed by atoms with E-state index < -0.39 is 0 Å². The number of hydrogen-bond donors (Lipinski definition) is 1. The van der Waals surface area contributed by atoms with Crippen molar-refractivity contribution in [3.63, 3.8) is 0 Å². The summed E-state index contributed by atoms with van der Waals surface area (Å²) in [7, 11) is 3.92. The summed E-state index contributed by atoms with van der Waals surface area (Å²) in [6.07, 6.45) is 1.27. The van der Waals surface area contributed by atoms with Crippen molar-refractivity contribution in [1.82, 2.24) is 10.2 Å². The molecule has 0 aliphatic rings. The van der Waals surface area contributed by atoms with Crippen LogP contribution >= 0.6 is 0 Å². The molecule has 0 atom stereocenters. The van der Waals surface area contributed by atoms with Gasteiger partial charge in [-0.2, -0.15) is 0 Å². The minimum atomic E-state index is -0.0506. The van der Waals surface area contributed by atoms with Crippen LogP contribution in [0.2, 0.25) is 0 Å². The summed E-state index contributed by atoms with van der Waals surface area (Å²) in [5.41, 5.74) is 2.07. The fraction of sp³-hybridized carbons (Fsp3) is 0.529. The Morgan fingerprint density at radius 1 is 1.09 bits per heavy atom. The number of benzene rings is 1. The first-order valence-corrected chi connectivity index (χ1v) is 7.72. The Morgan fingerprint density at radius 3 is 2.23 bits per heavy atom. The van der Waals surface area contributed by atoms with E-state index in [-0.39, 0.29) is 11.8 Å². The molecule has 122 valence electrons. The lowest BCUT2D eigenvalue weighted by atomic mass is 10.1. The largest absolute Gasteiger partial charge is 0.355 e. The number of nitrogens with zero attached hydrogens (tertiary/aromatic N) is 2. The van der Waals surface area contributed by atoms with E-state index in [1.165, 1.54) is 12.5 Å². The number of hydrogen-bond acceptors (Lipinski definition) is 3. The molecule has 1 aromatic rings. The quantitative estimate of drug-likeness (QED) is 0.795. The van der Waals surface area contributed by atoms with Crippen LogP contribution in [0.1, 0.15) is 25.8 Å². The predicted molar refractivity (Wildman–Crippen MR) is 90.0 cm³/mol. The van der Waals surface area contributed by atoms with E-state index >= 15 is 0 Å². The van der Waals surface area contributed by atoms with Gasteiger partial charge < -0.3 is 15.1 Å². The molecule has 0 saturated carbocycles. The first-order valence-electron chi connectivity index (χ1n) is 7.72. The average Bonchev–Trinajstić information content (AvgIpc) is 2.47. The second kappa shape index (κ2) is 9.20. The summed E-state index contributed by atoms with van der Waals surface area (Å²) in [6.45, 7) is 5.44. The summed E-state index contributed by atoms with van der Waals surface area (Å²) in [6, 6.07) is 7.90. The van der Waals surface area contributed by atoms with Crippen LogP contribution in [0.3, 0.4) is 0 Å². The summed E-state index contributed by atoms with van der Waals surface area (Å²) < 4.78 is 0. The van der Waals surface area contributed by atoms with Crippen LogP contribution in [0.25, 0.3) is 0 Å². The molecule has 0 unspecified atom stereocenters. The third-order valence-corrected chi connectivity index (χ3v) is 3.48. The smallest absolute Gasteiger partial charge is 0.223 e. The molecule has 0 aliphatic carbocycles. The molecular weight excluding hydrogens is 278 g/mol. The van der Waals surface area contributed by atoms with E-state index in [4.69, 9.17) is 0 Å². The van der Waals surface area contributed by atoms with Crippen LogP contribution < -0.4 is 10.2 Å². The van der Waals surface area contributed by atoms with Gasteiger partial charge in [0.25, 0.3) is 0 Å². The van der Waals surface area contributed by atoms with Crippen molar-refractivity contribution in [2.75, 3.05) is 38.6 Å². The molecule has 0 aliphatic heterocycles. The second-order valence-corrected chi connectivity index (χ2v) is 5.59. The zero-order chi connectivity index (χ0) is 16.5. The highest BCUT2D eigenvalue weighted by Gasteiger charge is 2.13. The van der Waals surface area contributed by atoms with Gasteiger partial charge in [0.2, 0.25) is 11.8 Å². The lowest BCUT2D eigenvalue weighted by Gasteiger charge is -2.21. The van der Waals surface area contributed by atoms with E-state index in [2.05, 4.69) is 12.2 Å². The monoisotopic (exact) mass is 305 g/mol. The maximum atomic E-state index is 11.8. The number of anilines is 1. The number of carbonyl (C=O) groups excluding carboxylic acids is 2. The molecule has 5 nitrogen and oxygen atoms in total. The van der Waals surface area contributed by atoms with Crippen LogP contribution in [0.4, 0.5) is 5.69 Å². The molecule has 5 heteroatoms. The molecule has 0 radical (unpaired) electrons. The first-order chi connectivity index (χ1) is 10.4. The third-order valence-electron chi connectivity index (χ3n) is 3.48. The van der Waals surface area contributed by atoms with Gasteiger partial charge in [-0.15, -0.1) is 0 Å². The van der Waals surface area contributed by atoms with Gasteiger partial charge in [-0.25, -0.2) is 0 Å². The van der Waals surface area contributed by atoms with E-state index in [0.717, 1.165) is 18.7 Å². The first kappa shape index (κ1) is 18.2. The summed E-state index contributed by atoms with van der Waals surface area (Å²) in [4.78, 5) is 27.3. The normalized spacial score (nSPS) is 10.6. The van der Waals surface area contributed by atoms with Gasteiger partial charge >= 0.3 is 0 Å². The van der Waals surface area contributed by atoms with Crippen molar-refractivity contribution in [3.05, 3.63) is 29.8 Å². The maximum absolute atomic E-state index is 11.8. The van der Waals surface area contributed by atoms with Crippen molar-refractivity contribution in [2.45, 2.75) is 26.7 Å². The highest BCUT2D eigenvalue weighted by molar-refractivity contribution is 5.92. The average molecular weight is 305 g/mol. The van der Waals surface area contributed by atoms with Crippen LogP contribution in [-0.2, 0) is 16.0 Å². The zero-order valence-electron chi connectivity index (χ0n) is 14.1. The Morgan fingerprint density at radius 2 is 1.73 bits per heavy atom. The minimum Gasteiger partial charge on any atom is -0.355 e. The van der Waals surface area contributed by atoms with E-state index in [9.17, 15) is 9.59 Å². The standard InChI is InChI=1S/C17H27N3O2/c1-5-15-6-8-16(9-7-15)20(14(2)21)12-10-17(22)18-11-13-19(3)4/h6-9H,5,10-13H2,1-4H3,(H,18,22). The fourth-order valence-electron chi connectivity index (χ4n) is 2.10. The number of carbonyl (C=O) groups is 2. The topological polar surface area (TPSA) is 52.7 Å². The van der Waals surface area contributed by atoms with Crippen LogP contribution in [0, 0.1) is 0 Å². The van der Waals surface area contributed by atoms with Crippen molar-refractivity contribution < 1.29 is 9.59 Å². The van der Waals surface area contributed by atoms with Crippen LogP contribution in [-0.4, -0.2) is 50.4 Å². The van der Waals surface area contributed by atoms with E-state index in [1.807, 2.05) is 43.3 Å². The maximum Gasteiger partial charge on any atom is 0.223 e. The lowest BCUT2D eigenvalue weighted by molar-refractivity contribution is -0.121. The van der Waals surface area contributed by atoms with Gasteiger partial charge in [0.1, 0.15) is 0 Å². The number of amides is 2. The molecule has 1 rings (SSSR count). The molecule has 0 bridgehead atoms. The summed E-state index contributed by atoms with van der Waals surface area (Å²) >= 11 is 0. The Balaban J connectivity index is 2.53. The molecular formula is C17H27N3O2. The Bertz CT molecular complexity index is 483. The Kier molecular flexibility index (Phi) is 7.60. The predicted octanol–water partition coefficient (Wildman–Crippen LogP) is 1.67.